The maximum atomic E-state index is 11.9. The van der Waals surface area contributed by atoms with Crippen LogP contribution in [-0.4, -0.2) is 28.2 Å². The molecule has 0 bridgehead atoms. The van der Waals surface area contributed by atoms with Gasteiger partial charge in [-0.05, 0) is 17.5 Å². The number of benzene rings is 2. The Morgan fingerprint density at radius 2 is 1.75 bits per heavy atom. The molecule has 2 aromatic carbocycles. The molecule has 0 aliphatic heterocycles. The SMILES string of the molecule is O=C(CSc1ncc(-c2ccccc2)[nH]1)NCCc1ccccc1. The largest absolute Gasteiger partial charge is 0.355 e. The molecule has 1 aromatic heterocycles. The fourth-order valence-corrected chi connectivity index (χ4v) is 3.00. The van der Waals surface area contributed by atoms with Gasteiger partial charge in [0.1, 0.15) is 0 Å². The Morgan fingerprint density at radius 1 is 1.04 bits per heavy atom. The fraction of sp³-hybridized carbons (Fsp3) is 0.158. The van der Waals surface area contributed by atoms with Gasteiger partial charge in [-0.2, -0.15) is 0 Å². The summed E-state index contributed by atoms with van der Waals surface area (Å²) in [7, 11) is 0. The molecule has 5 heteroatoms. The van der Waals surface area contributed by atoms with E-state index in [0.717, 1.165) is 22.8 Å². The first-order valence-corrected chi connectivity index (χ1v) is 8.84. The molecule has 0 radical (unpaired) electrons. The third kappa shape index (κ3) is 4.73. The molecule has 2 N–H and O–H groups in total. The Kier molecular flexibility index (Phi) is 5.69. The van der Waals surface area contributed by atoms with E-state index in [0.29, 0.717) is 12.3 Å². The van der Waals surface area contributed by atoms with E-state index in [1.807, 2.05) is 48.5 Å². The summed E-state index contributed by atoms with van der Waals surface area (Å²) in [5.74, 6) is 0.380. The molecule has 3 aromatic rings. The number of nitrogens with one attached hydrogen (secondary N) is 2. The number of carbonyl (C=O) groups is 1. The zero-order valence-electron chi connectivity index (χ0n) is 13.2. The number of thioether (sulfide) groups is 1. The number of H-pyrrole nitrogens is 1. The van der Waals surface area contributed by atoms with Gasteiger partial charge in [-0.15, -0.1) is 0 Å². The summed E-state index contributed by atoms with van der Waals surface area (Å²) in [6, 6.07) is 20.1. The van der Waals surface area contributed by atoms with E-state index in [1.54, 1.807) is 6.20 Å². The predicted molar refractivity (Wildman–Crippen MR) is 97.9 cm³/mol. The molecule has 4 nitrogen and oxygen atoms in total. The Bertz CT molecular complexity index is 772. The number of imidazole rings is 1. The zero-order chi connectivity index (χ0) is 16.6. The van der Waals surface area contributed by atoms with Gasteiger partial charge in [-0.1, -0.05) is 72.4 Å². The Balaban J connectivity index is 1.42. The predicted octanol–water partition coefficient (Wildman–Crippen LogP) is 3.53. The third-order valence-electron chi connectivity index (χ3n) is 3.56. The van der Waals surface area contributed by atoms with Crippen LogP contribution in [-0.2, 0) is 11.2 Å². The minimum absolute atomic E-state index is 0.0218. The lowest BCUT2D eigenvalue weighted by molar-refractivity contribution is -0.118. The monoisotopic (exact) mass is 337 g/mol. The molecule has 1 heterocycles. The molecule has 0 spiro atoms. The standard InChI is InChI=1S/C19H19N3OS/c23-18(20-12-11-15-7-3-1-4-8-15)14-24-19-21-13-17(22-19)16-9-5-2-6-10-16/h1-10,13H,11-12,14H2,(H,20,23)(H,21,22). The van der Waals surface area contributed by atoms with Crippen molar-refractivity contribution in [1.82, 2.24) is 15.3 Å². The molecule has 0 saturated carbocycles. The van der Waals surface area contributed by atoms with Crippen LogP contribution in [0.25, 0.3) is 11.3 Å². The van der Waals surface area contributed by atoms with E-state index in [9.17, 15) is 4.79 Å². The Hall–Kier alpha value is -2.53. The number of rotatable bonds is 7. The summed E-state index contributed by atoms with van der Waals surface area (Å²) in [5, 5.41) is 3.69. The van der Waals surface area contributed by atoms with E-state index in [2.05, 4.69) is 27.4 Å². The van der Waals surface area contributed by atoms with Crippen molar-refractivity contribution in [3.05, 3.63) is 72.4 Å². The molecule has 0 aliphatic rings. The van der Waals surface area contributed by atoms with E-state index in [-0.39, 0.29) is 5.91 Å². The third-order valence-corrected chi connectivity index (χ3v) is 4.44. The second-order valence-corrected chi connectivity index (χ2v) is 6.31. The highest BCUT2D eigenvalue weighted by Crippen LogP contribution is 2.20. The molecule has 1 amide bonds. The van der Waals surface area contributed by atoms with Crippen LogP contribution < -0.4 is 5.32 Å². The highest BCUT2D eigenvalue weighted by Gasteiger charge is 2.07. The molecule has 0 atom stereocenters. The van der Waals surface area contributed by atoms with Crippen molar-refractivity contribution in [3.63, 3.8) is 0 Å². The van der Waals surface area contributed by atoms with Gasteiger partial charge in [0.2, 0.25) is 5.91 Å². The summed E-state index contributed by atoms with van der Waals surface area (Å²) < 4.78 is 0. The summed E-state index contributed by atoms with van der Waals surface area (Å²) in [5.41, 5.74) is 3.27. The number of amides is 1. The van der Waals surface area contributed by atoms with Crippen LogP contribution in [0.15, 0.2) is 72.0 Å². The van der Waals surface area contributed by atoms with Crippen molar-refractivity contribution >= 4 is 17.7 Å². The van der Waals surface area contributed by atoms with Crippen molar-refractivity contribution in [1.29, 1.82) is 0 Å². The van der Waals surface area contributed by atoms with Crippen LogP contribution >= 0.6 is 11.8 Å². The van der Waals surface area contributed by atoms with Gasteiger partial charge >= 0.3 is 0 Å². The smallest absolute Gasteiger partial charge is 0.230 e. The van der Waals surface area contributed by atoms with E-state index < -0.39 is 0 Å². The van der Waals surface area contributed by atoms with E-state index in [1.165, 1.54) is 17.3 Å². The highest BCUT2D eigenvalue weighted by atomic mass is 32.2. The highest BCUT2D eigenvalue weighted by molar-refractivity contribution is 7.99. The zero-order valence-corrected chi connectivity index (χ0v) is 14.1. The minimum atomic E-state index is 0.0218. The number of carbonyl (C=O) groups excluding carboxylic acids is 1. The average molecular weight is 337 g/mol. The molecule has 0 unspecified atom stereocenters. The topological polar surface area (TPSA) is 57.8 Å². The van der Waals surface area contributed by atoms with Crippen LogP contribution in [0.2, 0.25) is 0 Å². The van der Waals surface area contributed by atoms with E-state index >= 15 is 0 Å². The van der Waals surface area contributed by atoms with Crippen molar-refractivity contribution in [2.75, 3.05) is 12.3 Å². The second-order valence-electron chi connectivity index (χ2n) is 5.34. The van der Waals surface area contributed by atoms with Gasteiger partial charge in [0.05, 0.1) is 17.6 Å². The first-order chi connectivity index (χ1) is 11.8. The lowest BCUT2D eigenvalue weighted by atomic mass is 10.1. The average Bonchev–Trinajstić information content (AvgIpc) is 3.11. The number of hydrogen-bond acceptors (Lipinski definition) is 3. The molecule has 0 aliphatic carbocycles. The van der Waals surface area contributed by atoms with Crippen molar-refractivity contribution < 1.29 is 4.79 Å². The fourth-order valence-electron chi connectivity index (χ4n) is 2.32. The quantitative estimate of drug-likeness (QED) is 0.649. The number of nitrogens with zero attached hydrogens (tertiary/aromatic N) is 1. The first-order valence-electron chi connectivity index (χ1n) is 7.85. The molecule has 24 heavy (non-hydrogen) atoms. The molecular weight excluding hydrogens is 318 g/mol. The summed E-state index contributed by atoms with van der Waals surface area (Å²) in [6.45, 7) is 0.650. The van der Waals surface area contributed by atoms with Crippen LogP contribution in [0.5, 0.6) is 0 Å². The van der Waals surface area contributed by atoms with Crippen molar-refractivity contribution in [2.24, 2.45) is 0 Å². The van der Waals surface area contributed by atoms with E-state index in [4.69, 9.17) is 0 Å². The molecule has 0 saturated heterocycles. The normalized spacial score (nSPS) is 10.5. The first kappa shape index (κ1) is 16.3. The lowest BCUT2D eigenvalue weighted by Crippen LogP contribution is -2.27. The van der Waals surface area contributed by atoms with Gasteiger partial charge in [0.15, 0.2) is 5.16 Å². The van der Waals surface area contributed by atoms with Gasteiger partial charge in [-0.3, -0.25) is 4.79 Å². The summed E-state index contributed by atoms with van der Waals surface area (Å²) in [6.07, 6.45) is 2.64. The molecule has 122 valence electrons. The van der Waals surface area contributed by atoms with Gasteiger partial charge < -0.3 is 10.3 Å². The summed E-state index contributed by atoms with van der Waals surface area (Å²) in [4.78, 5) is 19.5. The van der Waals surface area contributed by atoms with Crippen LogP contribution in [0, 0.1) is 0 Å². The van der Waals surface area contributed by atoms with Crippen LogP contribution in [0.3, 0.4) is 0 Å². The van der Waals surface area contributed by atoms with Crippen LogP contribution in [0.4, 0.5) is 0 Å². The molecule has 0 fully saturated rings. The van der Waals surface area contributed by atoms with Gasteiger partial charge in [0.25, 0.3) is 0 Å². The molecule has 3 rings (SSSR count). The number of aromatic amines is 1. The van der Waals surface area contributed by atoms with Crippen molar-refractivity contribution in [2.45, 2.75) is 11.6 Å². The van der Waals surface area contributed by atoms with Gasteiger partial charge in [0, 0.05) is 6.54 Å². The maximum Gasteiger partial charge on any atom is 0.230 e. The second kappa shape index (κ2) is 8.36. The summed E-state index contributed by atoms with van der Waals surface area (Å²) >= 11 is 1.41. The maximum absolute atomic E-state index is 11.9. The Labute approximate surface area is 145 Å². The number of hydrogen-bond donors (Lipinski definition) is 2. The minimum Gasteiger partial charge on any atom is -0.355 e. The number of aromatic nitrogens is 2. The lowest BCUT2D eigenvalue weighted by Gasteiger charge is -2.04. The molecular formula is C19H19N3OS. The van der Waals surface area contributed by atoms with Gasteiger partial charge in [-0.25, -0.2) is 4.98 Å². The van der Waals surface area contributed by atoms with Crippen molar-refractivity contribution in [3.8, 4) is 11.3 Å². The van der Waals surface area contributed by atoms with Crippen LogP contribution in [0.1, 0.15) is 5.56 Å². The Morgan fingerprint density at radius 3 is 2.50 bits per heavy atom.